The lowest BCUT2D eigenvalue weighted by molar-refractivity contribution is 0.753. The zero-order valence-corrected chi connectivity index (χ0v) is 37.0. The molecule has 13 rings (SSSR count). The third-order valence-electron chi connectivity index (χ3n) is 13.7. The van der Waals surface area contributed by atoms with Crippen molar-refractivity contribution < 1.29 is 0 Å². The van der Waals surface area contributed by atoms with Crippen molar-refractivity contribution in [3.63, 3.8) is 0 Å². The molecule has 0 unspecified atom stereocenters. The van der Waals surface area contributed by atoms with Crippen molar-refractivity contribution in [2.24, 2.45) is 0 Å². The van der Waals surface area contributed by atoms with Gasteiger partial charge < -0.3 is 4.90 Å². The first-order valence-electron chi connectivity index (χ1n) is 23.2. The molecule has 0 radical (unpaired) electrons. The Hall–Kier alpha value is -8.99. The van der Waals surface area contributed by atoms with Crippen molar-refractivity contribution in [3.8, 4) is 78.7 Å². The van der Waals surface area contributed by atoms with E-state index in [4.69, 9.17) is 15.0 Å². The Kier molecular flexibility index (Phi) is 9.36. The summed E-state index contributed by atoms with van der Waals surface area (Å²) in [7, 11) is 0. The van der Waals surface area contributed by atoms with Gasteiger partial charge in [0, 0.05) is 22.4 Å². The highest BCUT2D eigenvalue weighted by Gasteiger charge is 2.51. The summed E-state index contributed by atoms with van der Waals surface area (Å²) < 4.78 is 0. The molecule has 68 heavy (non-hydrogen) atoms. The molecule has 0 bridgehead atoms. The summed E-state index contributed by atoms with van der Waals surface area (Å²) >= 11 is 0. The van der Waals surface area contributed by atoms with Gasteiger partial charge in [-0.05, 0) is 97.1 Å². The van der Waals surface area contributed by atoms with E-state index in [0.29, 0.717) is 17.5 Å². The van der Waals surface area contributed by atoms with Gasteiger partial charge >= 0.3 is 0 Å². The Balaban J connectivity index is 0.962. The molecule has 0 atom stereocenters. The molecule has 1 spiro atoms. The van der Waals surface area contributed by atoms with Crippen LogP contribution in [0.2, 0.25) is 0 Å². The van der Waals surface area contributed by atoms with Crippen molar-refractivity contribution in [1.82, 2.24) is 15.0 Å². The van der Waals surface area contributed by atoms with Crippen molar-refractivity contribution in [1.29, 1.82) is 0 Å². The molecule has 318 valence electrons. The number of anilines is 3. The standard InChI is InChI=1S/C64H42N4/c1-4-17-43(18-5-1)45-31-35-47(36-32-45)61-65-62(48-37-33-46(34-38-48)44-19-6-2-7-20-44)67-63(66-61)51-22-16-21-49(41-51)50-39-40-58-60(42-50)68(52-23-8-3-9-24-52)59-30-15-14-29-57(59)64(58)55-27-12-10-25-53(55)54-26-11-13-28-56(54)64/h1-42H. The minimum atomic E-state index is -0.513. The molecule has 0 saturated heterocycles. The maximum absolute atomic E-state index is 5.21. The zero-order valence-electron chi connectivity index (χ0n) is 37.0. The monoisotopic (exact) mass is 866 g/mol. The number of aromatic nitrogens is 3. The summed E-state index contributed by atoms with van der Waals surface area (Å²) in [6.45, 7) is 0. The van der Waals surface area contributed by atoms with Gasteiger partial charge in [-0.15, -0.1) is 0 Å². The predicted octanol–water partition coefficient (Wildman–Crippen LogP) is 16.0. The van der Waals surface area contributed by atoms with E-state index in [2.05, 4.69) is 248 Å². The van der Waals surface area contributed by atoms with E-state index in [-0.39, 0.29) is 0 Å². The SMILES string of the molecule is c1ccc(-c2ccc(-c3nc(-c4ccc(-c5ccccc5)cc4)nc(-c4cccc(-c5ccc6c(c5)N(c5ccccc5)c5ccccc5C65c6ccccc6-c6ccccc65)c4)n3)cc2)cc1. The maximum atomic E-state index is 5.21. The molecule has 0 N–H and O–H groups in total. The number of benzene rings is 10. The quantitative estimate of drug-likeness (QED) is 0.160. The fraction of sp³-hybridized carbons (Fsp3) is 0.0156. The third-order valence-corrected chi connectivity index (χ3v) is 13.7. The molecule has 11 aromatic rings. The fourth-order valence-electron chi connectivity index (χ4n) is 10.6. The Morgan fingerprint density at radius 1 is 0.250 bits per heavy atom. The maximum Gasteiger partial charge on any atom is 0.164 e. The van der Waals surface area contributed by atoms with Crippen LogP contribution in [0.25, 0.3) is 78.7 Å². The largest absolute Gasteiger partial charge is 0.310 e. The number of para-hydroxylation sites is 2. The first-order chi connectivity index (χ1) is 33.7. The van der Waals surface area contributed by atoms with Gasteiger partial charge in [-0.1, -0.05) is 224 Å². The van der Waals surface area contributed by atoms with Crippen LogP contribution < -0.4 is 4.90 Å². The van der Waals surface area contributed by atoms with Gasteiger partial charge in [0.05, 0.1) is 16.8 Å². The Morgan fingerprint density at radius 2 is 0.632 bits per heavy atom. The van der Waals surface area contributed by atoms with Crippen LogP contribution in [-0.4, -0.2) is 15.0 Å². The lowest BCUT2D eigenvalue weighted by Gasteiger charge is -2.45. The highest BCUT2D eigenvalue weighted by atomic mass is 15.2. The average Bonchev–Trinajstić information content (AvgIpc) is 3.72. The highest BCUT2D eigenvalue weighted by Crippen LogP contribution is 2.63. The highest BCUT2D eigenvalue weighted by molar-refractivity contribution is 5.97. The zero-order chi connectivity index (χ0) is 45.0. The van der Waals surface area contributed by atoms with E-state index < -0.39 is 5.41 Å². The number of hydrogen-bond donors (Lipinski definition) is 0. The van der Waals surface area contributed by atoms with Crippen LogP contribution in [0.15, 0.2) is 255 Å². The van der Waals surface area contributed by atoms with Crippen LogP contribution >= 0.6 is 0 Å². The summed E-state index contributed by atoms with van der Waals surface area (Å²) in [5, 5.41) is 0. The summed E-state index contributed by atoms with van der Waals surface area (Å²) in [6.07, 6.45) is 0. The van der Waals surface area contributed by atoms with Crippen LogP contribution in [0.4, 0.5) is 17.1 Å². The van der Waals surface area contributed by atoms with Gasteiger partial charge in [0.1, 0.15) is 0 Å². The van der Waals surface area contributed by atoms with Gasteiger partial charge in [0.2, 0.25) is 0 Å². The van der Waals surface area contributed by atoms with E-state index in [1.54, 1.807) is 0 Å². The molecule has 1 aliphatic heterocycles. The Labute approximate surface area is 396 Å². The number of fused-ring (bicyclic) bond motifs is 9. The van der Waals surface area contributed by atoms with Crippen molar-refractivity contribution in [3.05, 3.63) is 277 Å². The van der Waals surface area contributed by atoms with Gasteiger partial charge in [-0.25, -0.2) is 15.0 Å². The molecule has 0 fully saturated rings. The molecular weight excluding hydrogens is 825 g/mol. The van der Waals surface area contributed by atoms with Gasteiger partial charge in [0.25, 0.3) is 0 Å². The minimum Gasteiger partial charge on any atom is -0.310 e. The molecule has 0 saturated carbocycles. The van der Waals surface area contributed by atoms with Gasteiger partial charge in [0.15, 0.2) is 17.5 Å². The third kappa shape index (κ3) is 6.41. The van der Waals surface area contributed by atoms with Crippen molar-refractivity contribution in [2.45, 2.75) is 5.41 Å². The van der Waals surface area contributed by atoms with Crippen LogP contribution in [-0.2, 0) is 5.41 Å². The second-order valence-electron chi connectivity index (χ2n) is 17.5. The van der Waals surface area contributed by atoms with Gasteiger partial charge in [-0.2, -0.15) is 0 Å². The molecule has 0 amide bonds. The first kappa shape index (κ1) is 39.4. The van der Waals surface area contributed by atoms with E-state index in [0.717, 1.165) is 61.4 Å². The Morgan fingerprint density at radius 3 is 1.21 bits per heavy atom. The van der Waals surface area contributed by atoms with E-state index >= 15 is 0 Å². The molecule has 1 aliphatic carbocycles. The molecule has 1 aromatic heterocycles. The predicted molar refractivity (Wildman–Crippen MR) is 278 cm³/mol. The normalized spacial score (nSPS) is 12.8. The van der Waals surface area contributed by atoms with Gasteiger partial charge in [-0.3, -0.25) is 0 Å². The number of nitrogens with zero attached hydrogens (tertiary/aromatic N) is 4. The number of rotatable bonds is 7. The summed E-state index contributed by atoms with van der Waals surface area (Å²) in [5.41, 5.74) is 20.1. The summed E-state index contributed by atoms with van der Waals surface area (Å²) in [4.78, 5) is 18.0. The second kappa shape index (κ2) is 16.2. The Bertz CT molecular complexity index is 3510. The van der Waals surface area contributed by atoms with Crippen molar-refractivity contribution >= 4 is 17.1 Å². The van der Waals surface area contributed by atoms with E-state index in [1.807, 2.05) is 12.1 Å². The topological polar surface area (TPSA) is 41.9 Å². The smallest absolute Gasteiger partial charge is 0.164 e. The molecule has 2 heterocycles. The summed E-state index contributed by atoms with van der Waals surface area (Å²) in [5.74, 6) is 1.85. The second-order valence-corrected chi connectivity index (χ2v) is 17.5. The lowest BCUT2D eigenvalue weighted by atomic mass is 9.64. The molecule has 4 heteroatoms. The summed E-state index contributed by atoms with van der Waals surface area (Å²) in [6, 6.07) is 91.3. The molecule has 2 aliphatic rings. The molecular formula is C64H42N4. The van der Waals surface area contributed by atoms with Crippen LogP contribution in [0, 0.1) is 0 Å². The molecule has 10 aromatic carbocycles. The van der Waals surface area contributed by atoms with Crippen molar-refractivity contribution in [2.75, 3.05) is 4.90 Å². The van der Waals surface area contributed by atoms with Crippen LogP contribution in [0.3, 0.4) is 0 Å². The fourth-order valence-corrected chi connectivity index (χ4v) is 10.6. The minimum absolute atomic E-state index is 0.513. The molecule has 4 nitrogen and oxygen atoms in total. The van der Waals surface area contributed by atoms with Crippen LogP contribution in [0.5, 0.6) is 0 Å². The first-order valence-corrected chi connectivity index (χ1v) is 23.2. The van der Waals surface area contributed by atoms with E-state index in [1.165, 1.54) is 39.1 Å². The van der Waals surface area contributed by atoms with E-state index in [9.17, 15) is 0 Å². The van der Waals surface area contributed by atoms with Crippen LogP contribution in [0.1, 0.15) is 22.3 Å². The number of hydrogen-bond acceptors (Lipinski definition) is 4. The average molecular weight is 867 g/mol. The lowest BCUT2D eigenvalue weighted by Crippen LogP contribution is -2.36.